The van der Waals surface area contributed by atoms with Crippen molar-refractivity contribution in [2.24, 2.45) is 0 Å². The molecule has 2 N–H and O–H groups in total. The first-order valence-corrected chi connectivity index (χ1v) is 8.96. The smallest absolute Gasteiger partial charge is 0.178 e. The molecule has 5 nitrogen and oxygen atoms in total. The Labute approximate surface area is 153 Å². The van der Waals surface area contributed by atoms with E-state index in [9.17, 15) is 0 Å². The Morgan fingerprint density at radius 1 is 1.08 bits per heavy atom. The molecular weight excluding hydrogens is 322 g/mol. The van der Waals surface area contributed by atoms with Crippen LogP contribution >= 0.6 is 0 Å². The highest BCUT2D eigenvalue weighted by Crippen LogP contribution is 2.29. The highest BCUT2D eigenvalue weighted by molar-refractivity contribution is 5.94. The molecule has 3 aromatic heterocycles. The molecule has 0 unspecified atom stereocenters. The van der Waals surface area contributed by atoms with Gasteiger partial charge in [-0.15, -0.1) is 0 Å². The van der Waals surface area contributed by atoms with Crippen LogP contribution in [0.5, 0.6) is 0 Å². The summed E-state index contributed by atoms with van der Waals surface area (Å²) in [5.41, 5.74) is 6.52. The maximum absolute atomic E-state index is 4.44. The number of H-pyrrole nitrogens is 2. The standard InChI is InChI=1S/C21H25N5/c1-13-23-19-16(8-9-22-20(19)24-13)18-11-15-10-14(6-7-17(15)25-18)12-26(5)21(2,3)4/h6-11,25H,12H2,1-5H3,(H,22,23,24). The van der Waals surface area contributed by atoms with Crippen molar-refractivity contribution in [3.05, 3.63) is 47.9 Å². The van der Waals surface area contributed by atoms with Crippen LogP contribution in [0.3, 0.4) is 0 Å². The van der Waals surface area contributed by atoms with Gasteiger partial charge in [-0.05, 0) is 64.6 Å². The molecule has 0 atom stereocenters. The highest BCUT2D eigenvalue weighted by Gasteiger charge is 2.17. The topological polar surface area (TPSA) is 60.6 Å². The third kappa shape index (κ3) is 2.99. The van der Waals surface area contributed by atoms with E-state index in [2.05, 4.69) is 76.9 Å². The van der Waals surface area contributed by atoms with Gasteiger partial charge < -0.3 is 9.97 Å². The van der Waals surface area contributed by atoms with E-state index in [0.717, 1.165) is 40.3 Å². The maximum atomic E-state index is 4.44. The number of aryl methyl sites for hydroxylation is 1. The fraction of sp³-hybridized carbons (Fsp3) is 0.333. The van der Waals surface area contributed by atoms with E-state index in [4.69, 9.17) is 0 Å². The molecule has 0 saturated heterocycles. The number of nitrogens with zero attached hydrogens (tertiary/aromatic N) is 3. The summed E-state index contributed by atoms with van der Waals surface area (Å²) in [6.07, 6.45) is 1.81. The molecule has 5 heteroatoms. The lowest BCUT2D eigenvalue weighted by atomic mass is 10.0. The lowest BCUT2D eigenvalue weighted by Gasteiger charge is -2.31. The normalized spacial score (nSPS) is 12.5. The molecular formula is C21H25N5. The molecule has 0 fully saturated rings. The number of aromatic nitrogens is 4. The summed E-state index contributed by atoms with van der Waals surface area (Å²) in [6, 6.07) is 10.9. The van der Waals surface area contributed by atoms with E-state index >= 15 is 0 Å². The zero-order valence-corrected chi connectivity index (χ0v) is 16.0. The van der Waals surface area contributed by atoms with Gasteiger partial charge in [0.15, 0.2) is 5.65 Å². The van der Waals surface area contributed by atoms with E-state index in [1.54, 1.807) is 0 Å². The predicted octanol–water partition coefficient (Wildman–Crippen LogP) is 4.64. The van der Waals surface area contributed by atoms with E-state index in [-0.39, 0.29) is 5.54 Å². The molecule has 0 radical (unpaired) electrons. The van der Waals surface area contributed by atoms with Crippen LogP contribution in [-0.2, 0) is 6.54 Å². The number of hydrogen-bond acceptors (Lipinski definition) is 3. The monoisotopic (exact) mass is 347 g/mol. The number of imidazole rings is 1. The van der Waals surface area contributed by atoms with Crippen molar-refractivity contribution in [1.82, 2.24) is 24.8 Å². The number of fused-ring (bicyclic) bond motifs is 2. The van der Waals surface area contributed by atoms with Crippen LogP contribution in [0, 0.1) is 6.92 Å². The Morgan fingerprint density at radius 2 is 1.88 bits per heavy atom. The Balaban J connectivity index is 1.74. The molecule has 134 valence electrons. The molecule has 1 aromatic carbocycles. The lowest BCUT2D eigenvalue weighted by molar-refractivity contribution is 0.167. The van der Waals surface area contributed by atoms with Crippen molar-refractivity contribution < 1.29 is 0 Å². The first-order valence-electron chi connectivity index (χ1n) is 8.96. The predicted molar refractivity (Wildman–Crippen MR) is 107 cm³/mol. The van der Waals surface area contributed by atoms with E-state index in [0.29, 0.717) is 0 Å². The molecule has 26 heavy (non-hydrogen) atoms. The van der Waals surface area contributed by atoms with Crippen LogP contribution in [0.1, 0.15) is 32.2 Å². The van der Waals surface area contributed by atoms with Crippen molar-refractivity contribution in [3.63, 3.8) is 0 Å². The molecule has 0 aliphatic rings. The Hall–Kier alpha value is -2.66. The van der Waals surface area contributed by atoms with Crippen molar-refractivity contribution in [2.75, 3.05) is 7.05 Å². The summed E-state index contributed by atoms with van der Waals surface area (Å²) in [7, 11) is 2.17. The van der Waals surface area contributed by atoms with Gasteiger partial charge in [0.2, 0.25) is 0 Å². The summed E-state index contributed by atoms with van der Waals surface area (Å²) >= 11 is 0. The minimum atomic E-state index is 0.152. The molecule has 0 bridgehead atoms. The molecule has 0 spiro atoms. The molecule has 3 heterocycles. The van der Waals surface area contributed by atoms with E-state index < -0.39 is 0 Å². The Morgan fingerprint density at radius 3 is 2.65 bits per heavy atom. The van der Waals surface area contributed by atoms with Crippen LogP contribution in [-0.4, -0.2) is 37.4 Å². The number of benzene rings is 1. The van der Waals surface area contributed by atoms with Gasteiger partial charge in [0.1, 0.15) is 5.82 Å². The number of aromatic amines is 2. The van der Waals surface area contributed by atoms with Crippen molar-refractivity contribution >= 4 is 22.1 Å². The summed E-state index contributed by atoms with van der Waals surface area (Å²) < 4.78 is 0. The summed E-state index contributed by atoms with van der Waals surface area (Å²) in [5.74, 6) is 0.878. The van der Waals surface area contributed by atoms with Gasteiger partial charge in [-0.2, -0.15) is 0 Å². The molecule has 0 saturated carbocycles. The van der Waals surface area contributed by atoms with Gasteiger partial charge in [-0.3, -0.25) is 4.90 Å². The molecule has 4 rings (SSSR count). The Kier molecular flexibility index (Phi) is 3.84. The zero-order valence-electron chi connectivity index (χ0n) is 16.0. The lowest BCUT2D eigenvalue weighted by Crippen LogP contribution is -2.37. The molecule has 4 aromatic rings. The highest BCUT2D eigenvalue weighted by atomic mass is 15.1. The van der Waals surface area contributed by atoms with Crippen molar-refractivity contribution in [1.29, 1.82) is 0 Å². The van der Waals surface area contributed by atoms with Crippen LogP contribution in [0.25, 0.3) is 33.3 Å². The van der Waals surface area contributed by atoms with Crippen LogP contribution in [0.2, 0.25) is 0 Å². The maximum Gasteiger partial charge on any atom is 0.178 e. The van der Waals surface area contributed by atoms with Crippen LogP contribution < -0.4 is 0 Å². The van der Waals surface area contributed by atoms with Gasteiger partial charge in [0.25, 0.3) is 0 Å². The molecule has 0 aliphatic carbocycles. The third-order valence-electron chi connectivity index (χ3n) is 5.05. The van der Waals surface area contributed by atoms with Crippen molar-refractivity contribution in [2.45, 2.75) is 39.8 Å². The number of nitrogens with one attached hydrogen (secondary N) is 2. The van der Waals surface area contributed by atoms with Crippen LogP contribution in [0.4, 0.5) is 0 Å². The first-order chi connectivity index (χ1) is 12.3. The summed E-state index contributed by atoms with van der Waals surface area (Å²) in [5, 5.41) is 1.22. The SMILES string of the molecule is Cc1nc2nccc(-c3cc4cc(CN(C)C(C)(C)C)ccc4[nH]3)c2[nH]1. The average Bonchev–Trinajstić information content (AvgIpc) is 3.15. The minimum Gasteiger partial charge on any atom is -0.354 e. The number of pyridine rings is 1. The average molecular weight is 347 g/mol. The molecule has 0 amide bonds. The largest absolute Gasteiger partial charge is 0.354 e. The fourth-order valence-electron chi connectivity index (χ4n) is 3.19. The summed E-state index contributed by atoms with van der Waals surface area (Å²) in [4.78, 5) is 18.0. The van der Waals surface area contributed by atoms with Crippen LogP contribution in [0.15, 0.2) is 36.5 Å². The van der Waals surface area contributed by atoms with Crippen molar-refractivity contribution in [3.8, 4) is 11.3 Å². The summed E-state index contributed by atoms with van der Waals surface area (Å²) in [6.45, 7) is 9.59. The number of hydrogen-bond donors (Lipinski definition) is 2. The number of rotatable bonds is 3. The van der Waals surface area contributed by atoms with Gasteiger partial charge in [0.05, 0.1) is 5.52 Å². The third-order valence-corrected chi connectivity index (χ3v) is 5.05. The molecule has 0 aliphatic heterocycles. The second kappa shape index (κ2) is 5.95. The van der Waals surface area contributed by atoms with Gasteiger partial charge in [0, 0.05) is 40.4 Å². The fourth-order valence-corrected chi connectivity index (χ4v) is 3.19. The van der Waals surface area contributed by atoms with Gasteiger partial charge in [-0.1, -0.05) is 6.07 Å². The zero-order chi connectivity index (χ0) is 18.5. The van der Waals surface area contributed by atoms with E-state index in [1.165, 1.54) is 10.9 Å². The van der Waals surface area contributed by atoms with Gasteiger partial charge >= 0.3 is 0 Å². The second-order valence-electron chi connectivity index (χ2n) is 8.01. The second-order valence-corrected chi connectivity index (χ2v) is 8.01. The first kappa shape index (κ1) is 16.8. The Bertz CT molecular complexity index is 1080. The minimum absolute atomic E-state index is 0.152. The van der Waals surface area contributed by atoms with E-state index in [1.807, 2.05) is 19.2 Å². The van der Waals surface area contributed by atoms with Gasteiger partial charge in [-0.25, -0.2) is 9.97 Å². The quantitative estimate of drug-likeness (QED) is 0.567.